The van der Waals surface area contributed by atoms with E-state index >= 15 is 0 Å². The fourth-order valence-corrected chi connectivity index (χ4v) is 2.83. The third-order valence-electron chi connectivity index (χ3n) is 4.39. The zero-order chi connectivity index (χ0) is 21.7. The Bertz CT molecular complexity index is 1080. The van der Waals surface area contributed by atoms with E-state index in [9.17, 15) is 14.8 Å². The van der Waals surface area contributed by atoms with Crippen molar-refractivity contribution in [3.8, 4) is 11.5 Å². The first-order chi connectivity index (χ1) is 14.5. The summed E-state index contributed by atoms with van der Waals surface area (Å²) < 4.78 is 20.6. The molecule has 1 heterocycles. The molecule has 0 fully saturated rings. The summed E-state index contributed by atoms with van der Waals surface area (Å²) in [6.45, 7) is -0.358. The molecule has 0 saturated carbocycles. The molecule has 0 bridgehead atoms. The lowest BCUT2D eigenvalue weighted by Crippen LogP contribution is -2.38. The van der Waals surface area contributed by atoms with Gasteiger partial charge in [0.2, 0.25) is 5.52 Å². The van der Waals surface area contributed by atoms with Crippen LogP contribution in [0.25, 0.3) is 11.0 Å². The van der Waals surface area contributed by atoms with Crippen LogP contribution in [0.5, 0.6) is 11.5 Å². The Morgan fingerprint density at radius 3 is 2.30 bits per heavy atom. The largest absolute Gasteiger partial charge is 0.618 e. The van der Waals surface area contributed by atoms with Gasteiger partial charge < -0.3 is 24.2 Å². The number of methoxy groups -OCH3 is 3. The predicted molar refractivity (Wildman–Crippen MR) is 105 cm³/mol. The number of hydrogen-bond acceptors (Lipinski definition) is 8. The van der Waals surface area contributed by atoms with Gasteiger partial charge in [0.25, 0.3) is 0 Å². The molecule has 0 aliphatic rings. The van der Waals surface area contributed by atoms with Crippen LogP contribution in [-0.4, -0.2) is 38.3 Å². The van der Waals surface area contributed by atoms with E-state index in [-0.39, 0.29) is 29.9 Å². The van der Waals surface area contributed by atoms with Crippen LogP contribution in [0.1, 0.15) is 21.7 Å². The molecule has 0 radical (unpaired) electrons. The molecule has 9 nitrogen and oxygen atoms in total. The molecule has 0 aliphatic heterocycles. The van der Waals surface area contributed by atoms with Crippen LogP contribution >= 0.6 is 0 Å². The lowest BCUT2D eigenvalue weighted by molar-refractivity contribution is -0.581. The van der Waals surface area contributed by atoms with Gasteiger partial charge in [0, 0.05) is 0 Å². The van der Waals surface area contributed by atoms with Crippen molar-refractivity contribution in [1.29, 1.82) is 0 Å². The average Bonchev–Trinajstić information content (AvgIpc) is 2.77. The highest BCUT2D eigenvalue weighted by Gasteiger charge is 2.28. The number of fused-ring (bicyclic) bond motifs is 1. The maximum absolute atomic E-state index is 12.8. The molecule has 0 unspecified atom stereocenters. The maximum Gasteiger partial charge on any atom is 0.406 e. The molecule has 0 amide bonds. The number of rotatable bonds is 7. The average molecular weight is 412 g/mol. The SMILES string of the molecule is COC(=O)c1c(COC(=O)Cc2ccc(OC)cc2)nc2ccc(OC)cc2[n+]1[O-]. The molecule has 30 heavy (non-hydrogen) atoms. The molecule has 0 N–H and O–H groups in total. The van der Waals surface area contributed by atoms with Gasteiger partial charge in [0.05, 0.1) is 33.8 Å². The topological polar surface area (TPSA) is 111 Å². The van der Waals surface area contributed by atoms with Gasteiger partial charge in [0.1, 0.15) is 23.6 Å². The summed E-state index contributed by atoms with van der Waals surface area (Å²) in [5.74, 6) is -0.316. The summed E-state index contributed by atoms with van der Waals surface area (Å²) in [4.78, 5) is 28.7. The lowest BCUT2D eigenvalue weighted by atomic mass is 10.1. The highest BCUT2D eigenvalue weighted by atomic mass is 16.5. The molecule has 156 valence electrons. The standard InChI is InChI=1S/C21H20N2O7/c1-27-14-6-4-13(5-7-14)10-19(24)30-12-17-20(21(25)29-3)23(26)18-11-15(28-2)8-9-16(18)22-17/h4-9,11H,10,12H2,1-3H3. The van der Waals surface area contributed by atoms with Crippen LogP contribution in [0, 0.1) is 5.21 Å². The number of benzene rings is 2. The van der Waals surface area contributed by atoms with Crippen molar-refractivity contribution in [2.75, 3.05) is 21.3 Å². The van der Waals surface area contributed by atoms with Crippen LogP contribution in [0.4, 0.5) is 0 Å². The first-order valence-electron chi connectivity index (χ1n) is 8.94. The number of nitrogens with zero attached hydrogens (tertiary/aromatic N) is 2. The van der Waals surface area contributed by atoms with E-state index in [1.165, 1.54) is 13.2 Å². The van der Waals surface area contributed by atoms with Crippen molar-refractivity contribution in [2.24, 2.45) is 0 Å². The Morgan fingerprint density at radius 1 is 1.00 bits per heavy atom. The van der Waals surface area contributed by atoms with Crippen molar-refractivity contribution in [3.05, 3.63) is 64.6 Å². The molecule has 0 spiro atoms. The zero-order valence-corrected chi connectivity index (χ0v) is 16.7. The van der Waals surface area contributed by atoms with Crippen LogP contribution in [-0.2, 0) is 27.3 Å². The first-order valence-corrected chi connectivity index (χ1v) is 8.94. The smallest absolute Gasteiger partial charge is 0.406 e. The van der Waals surface area contributed by atoms with Gasteiger partial charge in [-0.2, -0.15) is 4.73 Å². The second-order valence-corrected chi connectivity index (χ2v) is 6.23. The third kappa shape index (κ3) is 4.40. The van der Waals surface area contributed by atoms with Gasteiger partial charge in [-0.05, 0) is 29.8 Å². The summed E-state index contributed by atoms with van der Waals surface area (Å²) in [5.41, 5.74) is 0.822. The summed E-state index contributed by atoms with van der Waals surface area (Å²) in [6, 6.07) is 11.6. The Hall–Kier alpha value is -3.88. The quantitative estimate of drug-likeness (QED) is 0.329. The molecule has 9 heteroatoms. The summed E-state index contributed by atoms with van der Waals surface area (Å²) in [6.07, 6.45) is 0.0136. The van der Waals surface area contributed by atoms with Crippen LogP contribution in [0.2, 0.25) is 0 Å². The number of carbonyl (C=O) groups excluding carboxylic acids is 2. The predicted octanol–water partition coefficient (Wildman–Crippen LogP) is 1.96. The molecule has 0 atom stereocenters. The first kappa shape index (κ1) is 20.8. The second kappa shape index (κ2) is 9.08. The molecule has 1 aromatic heterocycles. The highest BCUT2D eigenvalue weighted by molar-refractivity contribution is 5.88. The fraction of sp³-hybridized carbons (Fsp3) is 0.238. The van der Waals surface area contributed by atoms with Crippen molar-refractivity contribution in [3.63, 3.8) is 0 Å². The minimum absolute atomic E-state index is 0.00222. The Balaban J connectivity index is 1.84. The van der Waals surface area contributed by atoms with Crippen LogP contribution in [0.15, 0.2) is 42.5 Å². The minimum Gasteiger partial charge on any atom is -0.618 e. The van der Waals surface area contributed by atoms with E-state index in [0.717, 1.165) is 12.7 Å². The van der Waals surface area contributed by atoms with E-state index < -0.39 is 11.9 Å². The number of esters is 2. The minimum atomic E-state index is -0.886. The third-order valence-corrected chi connectivity index (χ3v) is 4.39. The Kier molecular flexibility index (Phi) is 6.31. The van der Waals surface area contributed by atoms with Crippen molar-refractivity contribution >= 4 is 23.0 Å². The van der Waals surface area contributed by atoms with E-state index in [1.54, 1.807) is 43.5 Å². The van der Waals surface area contributed by atoms with Crippen molar-refractivity contribution in [2.45, 2.75) is 13.0 Å². The van der Waals surface area contributed by atoms with Gasteiger partial charge in [-0.25, -0.2) is 9.78 Å². The molecule has 3 aromatic rings. The van der Waals surface area contributed by atoms with E-state index in [1.807, 2.05) is 0 Å². The number of aromatic nitrogens is 2. The second-order valence-electron chi connectivity index (χ2n) is 6.23. The highest BCUT2D eigenvalue weighted by Crippen LogP contribution is 2.19. The molecule has 3 rings (SSSR count). The molecular weight excluding hydrogens is 392 g/mol. The maximum atomic E-state index is 12.8. The molecule has 2 aromatic carbocycles. The van der Waals surface area contributed by atoms with Gasteiger partial charge in [0.15, 0.2) is 5.69 Å². The Morgan fingerprint density at radius 2 is 1.67 bits per heavy atom. The molecule has 0 saturated heterocycles. The summed E-state index contributed by atoms with van der Waals surface area (Å²) >= 11 is 0. The van der Waals surface area contributed by atoms with Gasteiger partial charge in [-0.1, -0.05) is 12.1 Å². The fourth-order valence-electron chi connectivity index (χ4n) is 2.83. The monoisotopic (exact) mass is 412 g/mol. The van der Waals surface area contributed by atoms with Gasteiger partial charge in [-0.3, -0.25) is 4.79 Å². The van der Waals surface area contributed by atoms with Crippen molar-refractivity contribution in [1.82, 2.24) is 4.98 Å². The number of carbonyl (C=O) groups is 2. The molecular formula is C21H20N2O7. The summed E-state index contributed by atoms with van der Waals surface area (Å²) in [5, 5.41) is 12.8. The zero-order valence-electron chi connectivity index (χ0n) is 16.7. The van der Waals surface area contributed by atoms with Crippen molar-refractivity contribution < 1.29 is 33.3 Å². The van der Waals surface area contributed by atoms with E-state index in [0.29, 0.717) is 21.7 Å². The normalized spacial score (nSPS) is 10.5. The van der Waals surface area contributed by atoms with E-state index in [4.69, 9.17) is 18.9 Å². The molecule has 0 aliphatic carbocycles. The number of ether oxygens (including phenoxy) is 4. The van der Waals surface area contributed by atoms with Crippen LogP contribution in [0.3, 0.4) is 0 Å². The lowest BCUT2D eigenvalue weighted by Gasteiger charge is -2.11. The van der Waals surface area contributed by atoms with Gasteiger partial charge >= 0.3 is 17.6 Å². The van der Waals surface area contributed by atoms with E-state index in [2.05, 4.69) is 4.98 Å². The van der Waals surface area contributed by atoms with Gasteiger partial charge in [-0.15, -0.1) is 0 Å². The number of hydrogen-bond donors (Lipinski definition) is 0. The summed E-state index contributed by atoms with van der Waals surface area (Å²) in [7, 11) is 4.16. The van der Waals surface area contributed by atoms with Crippen LogP contribution < -0.4 is 14.2 Å². The Labute approximate surface area is 172 Å².